The highest BCUT2D eigenvalue weighted by molar-refractivity contribution is 9.10. The molecule has 0 spiro atoms. The van der Waals surface area contributed by atoms with Crippen LogP contribution in [0.4, 0.5) is 0 Å². The van der Waals surface area contributed by atoms with E-state index in [4.69, 9.17) is 0 Å². The Labute approximate surface area is 98.6 Å². The number of imidazole rings is 1. The highest BCUT2D eigenvalue weighted by Crippen LogP contribution is 2.29. The number of rotatable bonds is 1. The third kappa shape index (κ3) is 1.39. The van der Waals surface area contributed by atoms with Crippen molar-refractivity contribution < 1.29 is 0 Å². The van der Waals surface area contributed by atoms with Crippen molar-refractivity contribution in [3.8, 4) is 11.3 Å². The van der Waals surface area contributed by atoms with Crippen molar-refractivity contribution in [1.82, 2.24) is 14.4 Å². The Morgan fingerprint density at radius 2 is 2.07 bits per heavy atom. The van der Waals surface area contributed by atoms with Crippen molar-refractivity contribution in [2.45, 2.75) is 0 Å². The lowest BCUT2D eigenvalue weighted by atomic mass is 10.2. The Hall–Kier alpha value is -1.20. The number of halogens is 1. The standard InChI is InChI=1S/C10H6BrN3S/c11-9-8(7-1-3-12-4-2-7)13-10-14(9)5-6-15-10/h1-6H. The van der Waals surface area contributed by atoms with Gasteiger partial charge in [-0.15, -0.1) is 11.3 Å². The molecule has 0 fully saturated rings. The molecule has 0 N–H and O–H groups in total. The Balaban J connectivity index is 2.27. The number of fused-ring (bicyclic) bond motifs is 1. The molecule has 3 aromatic heterocycles. The van der Waals surface area contributed by atoms with Crippen LogP contribution >= 0.6 is 27.3 Å². The van der Waals surface area contributed by atoms with E-state index in [2.05, 4.69) is 25.9 Å². The molecular weight excluding hydrogens is 274 g/mol. The van der Waals surface area contributed by atoms with Gasteiger partial charge >= 0.3 is 0 Å². The third-order valence-electron chi connectivity index (χ3n) is 2.16. The summed E-state index contributed by atoms with van der Waals surface area (Å²) in [6.45, 7) is 0. The largest absolute Gasteiger partial charge is 0.284 e. The summed E-state index contributed by atoms with van der Waals surface area (Å²) in [5, 5.41) is 2.02. The normalized spacial score (nSPS) is 11.0. The van der Waals surface area contributed by atoms with Gasteiger partial charge in [0.05, 0.1) is 0 Å². The van der Waals surface area contributed by atoms with E-state index in [-0.39, 0.29) is 0 Å². The van der Waals surface area contributed by atoms with Crippen LogP contribution in [0.2, 0.25) is 0 Å². The maximum absolute atomic E-state index is 4.55. The molecule has 3 aromatic rings. The van der Waals surface area contributed by atoms with Crippen molar-refractivity contribution >= 4 is 32.2 Å². The Kier molecular flexibility index (Phi) is 2.07. The second kappa shape index (κ2) is 3.43. The van der Waals surface area contributed by atoms with Crippen molar-refractivity contribution in [2.24, 2.45) is 0 Å². The van der Waals surface area contributed by atoms with E-state index in [9.17, 15) is 0 Å². The molecule has 3 heterocycles. The first-order chi connectivity index (χ1) is 7.36. The summed E-state index contributed by atoms with van der Waals surface area (Å²) in [5.74, 6) is 0. The van der Waals surface area contributed by atoms with Gasteiger partial charge in [-0.1, -0.05) is 0 Å². The number of hydrogen-bond donors (Lipinski definition) is 0. The van der Waals surface area contributed by atoms with Crippen LogP contribution in [0, 0.1) is 0 Å². The monoisotopic (exact) mass is 279 g/mol. The molecule has 0 aliphatic carbocycles. The second-order valence-corrected chi connectivity index (χ2v) is 4.67. The van der Waals surface area contributed by atoms with Crippen molar-refractivity contribution in [2.75, 3.05) is 0 Å². The van der Waals surface area contributed by atoms with E-state index < -0.39 is 0 Å². The molecule has 0 unspecified atom stereocenters. The van der Waals surface area contributed by atoms with E-state index >= 15 is 0 Å². The van der Waals surface area contributed by atoms with Crippen LogP contribution in [0.25, 0.3) is 16.2 Å². The number of thiazole rings is 1. The van der Waals surface area contributed by atoms with Crippen LogP contribution in [0.3, 0.4) is 0 Å². The van der Waals surface area contributed by atoms with Gasteiger partial charge in [-0.25, -0.2) is 4.98 Å². The predicted octanol–water partition coefficient (Wildman–Crippen LogP) is 3.22. The molecular formula is C10H6BrN3S. The van der Waals surface area contributed by atoms with E-state index in [0.717, 1.165) is 20.8 Å². The molecule has 0 aliphatic heterocycles. The molecule has 0 aromatic carbocycles. The zero-order valence-electron chi connectivity index (χ0n) is 7.59. The van der Waals surface area contributed by atoms with E-state index in [1.807, 2.05) is 28.1 Å². The van der Waals surface area contributed by atoms with Gasteiger partial charge in [0, 0.05) is 29.5 Å². The first-order valence-corrected chi connectivity index (χ1v) is 6.05. The summed E-state index contributed by atoms with van der Waals surface area (Å²) in [6.07, 6.45) is 5.55. The molecule has 5 heteroatoms. The van der Waals surface area contributed by atoms with Gasteiger partial charge in [-0.3, -0.25) is 9.38 Å². The van der Waals surface area contributed by atoms with Gasteiger partial charge in [-0.2, -0.15) is 0 Å². The predicted molar refractivity (Wildman–Crippen MR) is 64.0 cm³/mol. The summed E-state index contributed by atoms with van der Waals surface area (Å²) in [6, 6.07) is 3.91. The number of hydrogen-bond acceptors (Lipinski definition) is 3. The minimum Gasteiger partial charge on any atom is -0.284 e. The molecule has 0 saturated heterocycles. The fourth-order valence-corrected chi connectivity index (χ4v) is 2.89. The lowest BCUT2D eigenvalue weighted by Gasteiger charge is -1.95. The van der Waals surface area contributed by atoms with Gasteiger partial charge < -0.3 is 0 Å². The zero-order valence-corrected chi connectivity index (χ0v) is 9.99. The highest BCUT2D eigenvalue weighted by atomic mass is 79.9. The van der Waals surface area contributed by atoms with Crippen LogP contribution in [0.1, 0.15) is 0 Å². The molecule has 3 rings (SSSR count). The van der Waals surface area contributed by atoms with Crippen LogP contribution < -0.4 is 0 Å². The maximum atomic E-state index is 4.55. The third-order valence-corrected chi connectivity index (χ3v) is 3.67. The van der Waals surface area contributed by atoms with Gasteiger partial charge in [0.15, 0.2) is 4.96 Å². The fourth-order valence-electron chi connectivity index (χ4n) is 1.45. The Morgan fingerprint density at radius 1 is 1.27 bits per heavy atom. The van der Waals surface area contributed by atoms with Crippen LogP contribution in [0.15, 0.2) is 40.7 Å². The summed E-state index contributed by atoms with van der Waals surface area (Å²) < 4.78 is 3.02. The molecule has 0 radical (unpaired) electrons. The molecule has 0 bridgehead atoms. The molecule has 15 heavy (non-hydrogen) atoms. The first-order valence-electron chi connectivity index (χ1n) is 4.38. The van der Waals surface area contributed by atoms with Gasteiger partial charge in [0.2, 0.25) is 0 Å². The molecule has 3 nitrogen and oxygen atoms in total. The summed E-state index contributed by atoms with van der Waals surface area (Å²) >= 11 is 5.18. The number of pyridine rings is 1. The van der Waals surface area contributed by atoms with Crippen LogP contribution in [-0.4, -0.2) is 14.4 Å². The maximum Gasteiger partial charge on any atom is 0.195 e. The van der Waals surface area contributed by atoms with Crippen LogP contribution in [-0.2, 0) is 0 Å². The summed E-state index contributed by atoms with van der Waals surface area (Å²) in [7, 11) is 0. The number of aromatic nitrogens is 3. The average Bonchev–Trinajstić information content (AvgIpc) is 2.83. The lowest BCUT2D eigenvalue weighted by Crippen LogP contribution is -1.80. The first kappa shape index (κ1) is 9.06. The van der Waals surface area contributed by atoms with Gasteiger partial charge in [-0.05, 0) is 28.1 Å². The van der Waals surface area contributed by atoms with Crippen molar-refractivity contribution in [3.05, 3.63) is 40.7 Å². The topological polar surface area (TPSA) is 30.2 Å². The lowest BCUT2D eigenvalue weighted by molar-refractivity contribution is 1.19. The zero-order chi connectivity index (χ0) is 10.3. The minimum atomic E-state index is 0.962. The second-order valence-electron chi connectivity index (χ2n) is 3.04. The molecule has 0 atom stereocenters. The molecule has 74 valence electrons. The van der Waals surface area contributed by atoms with E-state index in [0.29, 0.717) is 0 Å². The quantitative estimate of drug-likeness (QED) is 0.685. The Morgan fingerprint density at radius 3 is 2.80 bits per heavy atom. The SMILES string of the molecule is Brc1c(-c2ccncc2)nc2sccn12. The van der Waals surface area contributed by atoms with Crippen LogP contribution in [0.5, 0.6) is 0 Å². The smallest absolute Gasteiger partial charge is 0.195 e. The molecule has 0 aliphatic rings. The molecule has 0 amide bonds. The van der Waals surface area contributed by atoms with Gasteiger partial charge in [0.1, 0.15) is 10.3 Å². The highest BCUT2D eigenvalue weighted by Gasteiger charge is 2.11. The fraction of sp³-hybridized carbons (Fsp3) is 0. The molecule has 0 saturated carbocycles. The average molecular weight is 280 g/mol. The van der Waals surface area contributed by atoms with E-state index in [1.54, 1.807) is 23.7 Å². The minimum absolute atomic E-state index is 0.962. The van der Waals surface area contributed by atoms with Crippen molar-refractivity contribution in [3.63, 3.8) is 0 Å². The number of nitrogens with zero attached hydrogens (tertiary/aromatic N) is 3. The summed E-state index contributed by atoms with van der Waals surface area (Å²) in [4.78, 5) is 9.54. The van der Waals surface area contributed by atoms with E-state index in [1.165, 1.54) is 0 Å². The van der Waals surface area contributed by atoms with Gasteiger partial charge in [0.25, 0.3) is 0 Å². The van der Waals surface area contributed by atoms with Crippen molar-refractivity contribution in [1.29, 1.82) is 0 Å². The Bertz CT molecular complexity index is 599. The summed E-state index contributed by atoms with van der Waals surface area (Å²) in [5.41, 5.74) is 2.04.